The number of rotatable bonds is 5. The highest BCUT2D eigenvalue weighted by atomic mass is 16.6. The SMILES string of the molecule is CCC(C)(O)c1nc(C2CC[C@@H](C)N(C(=O)OCc3ccccc3)C2)oc1C. The molecule has 0 aliphatic carbocycles. The van der Waals surface area contributed by atoms with Gasteiger partial charge in [0, 0.05) is 12.6 Å². The predicted octanol–water partition coefficient (Wildman–Crippen LogP) is 4.51. The number of nitrogens with zero attached hydrogens (tertiary/aromatic N) is 2. The Bertz CT molecular complexity index is 800. The van der Waals surface area contributed by atoms with E-state index in [9.17, 15) is 9.90 Å². The Morgan fingerprint density at radius 3 is 2.75 bits per heavy atom. The normalized spacial score (nSPS) is 22.0. The van der Waals surface area contributed by atoms with Gasteiger partial charge in [0.2, 0.25) is 0 Å². The fourth-order valence-electron chi connectivity index (χ4n) is 3.62. The number of oxazole rings is 1. The second-order valence-electron chi connectivity index (χ2n) is 7.90. The molecule has 0 saturated carbocycles. The van der Waals surface area contributed by atoms with Gasteiger partial charge in [-0.2, -0.15) is 0 Å². The molecule has 2 aromatic rings. The van der Waals surface area contributed by atoms with E-state index >= 15 is 0 Å². The second-order valence-corrected chi connectivity index (χ2v) is 7.90. The monoisotopic (exact) mass is 386 g/mol. The lowest BCUT2D eigenvalue weighted by Gasteiger charge is -2.36. The van der Waals surface area contributed by atoms with Crippen molar-refractivity contribution in [3.8, 4) is 0 Å². The average Bonchev–Trinajstić information content (AvgIpc) is 3.10. The number of hydrogen-bond donors (Lipinski definition) is 1. The summed E-state index contributed by atoms with van der Waals surface area (Å²) in [6, 6.07) is 9.77. The van der Waals surface area contributed by atoms with E-state index in [-0.39, 0.29) is 24.7 Å². The first-order valence-corrected chi connectivity index (χ1v) is 9.99. The fourth-order valence-corrected chi connectivity index (χ4v) is 3.62. The average molecular weight is 386 g/mol. The number of benzene rings is 1. The lowest BCUT2D eigenvalue weighted by Crippen LogP contribution is -2.45. The van der Waals surface area contributed by atoms with Gasteiger partial charge in [0.05, 0.1) is 5.92 Å². The van der Waals surface area contributed by atoms with Crippen molar-refractivity contribution in [2.45, 2.75) is 71.1 Å². The number of likely N-dealkylation sites (tertiary alicyclic amines) is 1. The first kappa shape index (κ1) is 20.4. The number of carbonyl (C=O) groups is 1. The van der Waals surface area contributed by atoms with Gasteiger partial charge in [-0.1, -0.05) is 37.3 Å². The van der Waals surface area contributed by atoms with E-state index in [0.29, 0.717) is 30.3 Å². The van der Waals surface area contributed by atoms with E-state index in [1.165, 1.54) is 0 Å². The Labute approximate surface area is 166 Å². The van der Waals surface area contributed by atoms with Gasteiger partial charge < -0.3 is 19.2 Å². The van der Waals surface area contributed by atoms with E-state index < -0.39 is 5.60 Å². The van der Waals surface area contributed by atoms with Crippen LogP contribution in [0.1, 0.15) is 68.9 Å². The lowest BCUT2D eigenvalue weighted by molar-refractivity contribution is 0.0474. The van der Waals surface area contributed by atoms with Crippen molar-refractivity contribution in [3.63, 3.8) is 0 Å². The van der Waals surface area contributed by atoms with Gasteiger partial charge in [-0.15, -0.1) is 0 Å². The van der Waals surface area contributed by atoms with Gasteiger partial charge in [-0.25, -0.2) is 9.78 Å². The molecule has 6 nitrogen and oxygen atoms in total. The van der Waals surface area contributed by atoms with Crippen LogP contribution in [-0.4, -0.2) is 33.7 Å². The highest BCUT2D eigenvalue weighted by Crippen LogP contribution is 2.34. The number of aryl methyl sites for hydroxylation is 1. The minimum atomic E-state index is -1.01. The van der Waals surface area contributed by atoms with Crippen molar-refractivity contribution in [1.82, 2.24) is 9.88 Å². The number of piperidine rings is 1. The molecule has 1 aromatic carbocycles. The summed E-state index contributed by atoms with van der Waals surface area (Å²) in [4.78, 5) is 19.0. The van der Waals surface area contributed by atoms with E-state index in [1.807, 2.05) is 51.1 Å². The fraction of sp³-hybridized carbons (Fsp3) is 0.545. The van der Waals surface area contributed by atoms with Crippen molar-refractivity contribution in [1.29, 1.82) is 0 Å². The van der Waals surface area contributed by atoms with Crippen LogP contribution in [0.15, 0.2) is 34.7 Å². The Balaban J connectivity index is 1.69. The van der Waals surface area contributed by atoms with E-state index in [4.69, 9.17) is 9.15 Å². The van der Waals surface area contributed by atoms with Crippen molar-refractivity contribution in [2.75, 3.05) is 6.54 Å². The third-order valence-corrected chi connectivity index (χ3v) is 5.68. The third-order valence-electron chi connectivity index (χ3n) is 5.68. The van der Waals surface area contributed by atoms with Crippen LogP contribution in [-0.2, 0) is 16.9 Å². The molecule has 1 N–H and O–H groups in total. The molecule has 1 aromatic heterocycles. The number of carbonyl (C=O) groups excluding carboxylic acids is 1. The molecule has 152 valence electrons. The van der Waals surface area contributed by atoms with E-state index in [2.05, 4.69) is 4.98 Å². The minimum Gasteiger partial charge on any atom is -0.445 e. The first-order chi connectivity index (χ1) is 13.3. The molecule has 3 atom stereocenters. The van der Waals surface area contributed by atoms with Gasteiger partial charge in [0.1, 0.15) is 23.7 Å². The van der Waals surface area contributed by atoms with Crippen molar-refractivity contribution in [2.24, 2.45) is 0 Å². The summed E-state index contributed by atoms with van der Waals surface area (Å²) in [5.41, 5.74) is 0.538. The maximum Gasteiger partial charge on any atom is 0.410 e. The highest BCUT2D eigenvalue weighted by Gasteiger charge is 2.35. The zero-order chi connectivity index (χ0) is 20.3. The van der Waals surface area contributed by atoms with Gasteiger partial charge >= 0.3 is 6.09 Å². The number of ether oxygens (including phenoxy) is 1. The molecule has 1 aliphatic rings. The number of amides is 1. The summed E-state index contributed by atoms with van der Waals surface area (Å²) < 4.78 is 11.4. The molecule has 2 unspecified atom stereocenters. The molecular formula is C22H30N2O4. The lowest BCUT2D eigenvalue weighted by atomic mass is 9.93. The minimum absolute atomic E-state index is 0.000538. The summed E-state index contributed by atoms with van der Waals surface area (Å²) in [5, 5.41) is 10.5. The molecule has 2 heterocycles. The summed E-state index contributed by atoms with van der Waals surface area (Å²) in [5.74, 6) is 1.23. The largest absolute Gasteiger partial charge is 0.445 e. The smallest absolute Gasteiger partial charge is 0.410 e. The number of aromatic nitrogens is 1. The Morgan fingerprint density at radius 1 is 1.36 bits per heavy atom. The molecule has 0 bridgehead atoms. The van der Waals surface area contributed by atoms with Crippen LogP contribution < -0.4 is 0 Å². The summed E-state index contributed by atoms with van der Waals surface area (Å²) in [7, 11) is 0. The zero-order valence-electron chi connectivity index (χ0n) is 17.1. The van der Waals surface area contributed by atoms with E-state index in [0.717, 1.165) is 18.4 Å². The summed E-state index contributed by atoms with van der Waals surface area (Å²) in [6.45, 7) is 8.29. The van der Waals surface area contributed by atoms with Crippen molar-refractivity contribution >= 4 is 6.09 Å². The van der Waals surface area contributed by atoms with Crippen molar-refractivity contribution < 1.29 is 19.1 Å². The Hall–Kier alpha value is -2.34. The van der Waals surface area contributed by atoms with Gasteiger partial charge in [0.15, 0.2) is 5.89 Å². The third kappa shape index (κ3) is 4.38. The molecule has 0 spiro atoms. The molecule has 1 aliphatic heterocycles. The van der Waals surface area contributed by atoms with E-state index in [1.54, 1.807) is 11.8 Å². The summed E-state index contributed by atoms with van der Waals surface area (Å²) >= 11 is 0. The second kappa shape index (κ2) is 8.35. The van der Waals surface area contributed by atoms with Gasteiger partial charge in [-0.3, -0.25) is 0 Å². The van der Waals surface area contributed by atoms with Crippen LogP contribution in [0.5, 0.6) is 0 Å². The maximum absolute atomic E-state index is 12.6. The molecule has 1 amide bonds. The summed E-state index contributed by atoms with van der Waals surface area (Å²) in [6.07, 6.45) is 1.98. The van der Waals surface area contributed by atoms with Crippen LogP contribution in [0.3, 0.4) is 0 Å². The quantitative estimate of drug-likeness (QED) is 0.818. The van der Waals surface area contributed by atoms with Crippen LogP contribution in [0.25, 0.3) is 0 Å². The molecular weight excluding hydrogens is 356 g/mol. The molecule has 1 fully saturated rings. The first-order valence-electron chi connectivity index (χ1n) is 9.99. The molecule has 1 saturated heterocycles. The Morgan fingerprint density at radius 2 is 2.07 bits per heavy atom. The van der Waals surface area contributed by atoms with Crippen LogP contribution in [0, 0.1) is 6.92 Å². The predicted molar refractivity (Wildman–Crippen MR) is 106 cm³/mol. The molecule has 3 rings (SSSR count). The maximum atomic E-state index is 12.6. The molecule has 28 heavy (non-hydrogen) atoms. The topological polar surface area (TPSA) is 75.8 Å². The zero-order valence-corrected chi connectivity index (χ0v) is 17.1. The highest BCUT2D eigenvalue weighted by molar-refractivity contribution is 5.68. The van der Waals surface area contributed by atoms with Gasteiger partial charge in [-0.05, 0) is 45.6 Å². The van der Waals surface area contributed by atoms with Crippen LogP contribution in [0.4, 0.5) is 4.79 Å². The van der Waals surface area contributed by atoms with Crippen LogP contribution >= 0.6 is 0 Å². The molecule has 0 radical (unpaired) electrons. The number of aliphatic hydroxyl groups is 1. The molecule has 6 heteroatoms. The standard InChI is InChI=1S/C22H30N2O4/c1-5-22(4,26)19-16(3)28-20(23-19)18-12-11-15(2)24(13-18)21(25)27-14-17-9-7-6-8-10-17/h6-10,15,18,26H,5,11-14H2,1-4H3/t15-,18?,22?/m1/s1. The van der Waals surface area contributed by atoms with Crippen molar-refractivity contribution in [3.05, 3.63) is 53.2 Å². The Kier molecular flexibility index (Phi) is 6.08. The van der Waals surface area contributed by atoms with Gasteiger partial charge in [0.25, 0.3) is 0 Å². The number of hydrogen-bond acceptors (Lipinski definition) is 5. The van der Waals surface area contributed by atoms with Crippen LogP contribution in [0.2, 0.25) is 0 Å².